The van der Waals surface area contributed by atoms with Crippen molar-refractivity contribution < 1.29 is 14.3 Å². The maximum absolute atomic E-state index is 11.8. The van der Waals surface area contributed by atoms with Crippen molar-refractivity contribution >= 4 is 36.0 Å². The van der Waals surface area contributed by atoms with E-state index >= 15 is 0 Å². The Kier molecular flexibility index (Phi) is 9.83. The minimum atomic E-state index is -0.216. The van der Waals surface area contributed by atoms with Crippen LogP contribution >= 0.6 is 24.0 Å². The molecular weight excluding hydrogens is 483 g/mol. The van der Waals surface area contributed by atoms with Gasteiger partial charge in [-0.1, -0.05) is 18.2 Å². The molecule has 1 aromatic carbocycles. The second-order valence-corrected chi connectivity index (χ2v) is 7.39. The van der Waals surface area contributed by atoms with Gasteiger partial charge in [-0.3, -0.25) is 4.99 Å². The van der Waals surface area contributed by atoms with E-state index in [1.165, 1.54) is 12.8 Å². The average molecular weight is 516 g/mol. The number of nitrogens with one attached hydrogen (secondary N) is 2. The summed E-state index contributed by atoms with van der Waals surface area (Å²) in [5.41, 5.74) is 1.13. The Labute approximate surface area is 190 Å². The molecule has 0 radical (unpaired) electrons. The first-order valence-corrected chi connectivity index (χ1v) is 10.3. The number of amides is 1. The number of halogens is 1. The number of piperidine rings is 1. The number of carbonyl (C=O) groups is 1. The number of ether oxygens (including phenoxy) is 2. The molecule has 0 spiro atoms. The number of hydrogen-bond acceptors (Lipinski definition) is 4. The molecule has 162 valence electrons. The predicted molar refractivity (Wildman–Crippen MR) is 125 cm³/mol. The topological polar surface area (TPSA) is 75.2 Å². The molecule has 0 aromatic heterocycles. The van der Waals surface area contributed by atoms with Crippen LogP contribution in [0.4, 0.5) is 4.79 Å². The lowest BCUT2D eigenvalue weighted by Crippen LogP contribution is -2.49. The molecule has 2 aliphatic rings. The molecule has 1 heterocycles. The van der Waals surface area contributed by atoms with Crippen molar-refractivity contribution in [3.63, 3.8) is 0 Å². The molecule has 8 heteroatoms. The van der Waals surface area contributed by atoms with Crippen LogP contribution in [0.2, 0.25) is 0 Å². The molecule has 1 aliphatic heterocycles. The molecule has 29 heavy (non-hydrogen) atoms. The average Bonchev–Trinajstić information content (AvgIpc) is 3.55. The number of guanidine groups is 1. The van der Waals surface area contributed by atoms with Crippen molar-refractivity contribution in [3.05, 3.63) is 29.8 Å². The van der Waals surface area contributed by atoms with Crippen LogP contribution in [0.15, 0.2) is 29.3 Å². The monoisotopic (exact) mass is 516 g/mol. The molecule has 0 bridgehead atoms. The van der Waals surface area contributed by atoms with Gasteiger partial charge >= 0.3 is 6.09 Å². The zero-order chi connectivity index (χ0) is 19.8. The smallest absolute Gasteiger partial charge is 0.409 e. The molecule has 0 unspecified atom stereocenters. The van der Waals surface area contributed by atoms with Gasteiger partial charge in [0, 0.05) is 38.3 Å². The van der Waals surface area contributed by atoms with Crippen molar-refractivity contribution in [1.82, 2.24) is 15.5 Å². The third-order valence-electron chi connectivity index (χ3n) is 5.18. The number of likely N-dealkylation sites (tertiary alicyclic amines) is 1. The third kappa shape index (κ3) is 7.56. The molecule has 1 saturated carbocycles. The van der Waals surface area contributed by atoms with Gasteiger partial charge in [0.15, 0.2) is 5.96 Å². The van der Waals surface area contributed by atoms with Gasteiger partial charge in [-0.05, 0) is 44.6 Å². The van der Waals surface area contributed by atoms with Gasteiger partial charge in [-0.15, -0.1) is 24.0 Å². The van der Waals surface area contributed by atoms with E-state index in [0.717, 1.165) is 42.6 Å². The molecule has 7 nitrogen and oxygen atoms in total. The van der Waals surface area contributed by atoms with Crippen LogP contribution in [0.3, 0.4) is 0 Å². The van der Waals surface area contributed by atoms with Gasteiger partial charge in [-0.2, -0.15) is 0 Å². The fraction of sp³-hybridized carbons (Fsp3) is 0.619. The number of benzene rings is 1. The molecule has 1 saturated heterocycles. The molecule has 0 atom stereocenters. The van der Waals surface area contributed by atoms with E-state index in [9.17, 15) is 4.79 Å². The van der Waals surface area contributed by atoms with E-state index < -0.39 is 0 Å². The molecule has 1 aliphatic carbocycles. The molecule has 1 aromatic rings. The van der Waals surface area contributed by atoms with Gasteiger partial charge in [-0.25, -0.2) is 4.79 Å². The Morgan fingerprint density at radius 1 is 1.21 bits per heavy atom. The highest BCUT2D eigenvalue weighted by Crippen LogP contribution is 2.30. The highest BCUT2D eigenvalue weighted by Gasteiger charge is 2.24. The lowest BCUT2D eigenvalue weighted by Gasteiger charge is -2.32. The van der Waals surface area contributed by atoms with Crippen LogP contribution in [0.1, 0.15) is 38.2 Å². The normalized spacial score (nSPS) is 17.3. The van der Waals surface area contributed by atoms with Crippen LogP contribution in [0.5, 0.6) is 5.75 Å². The van der Waals surface area contributed by atoms with Crippen molar-refractivity contribution in [1.29, 1.82) is 0 Å². The molecule has 1 amide bonds. The maximum atomic E-state index is 11.8. The maximum Gasteiger partial charge on any atom is 0.409 e. The van der Waals surface area contributed by atoms with Crippen LogP contribution < -0.4 is 15.4 Å². The zero-order valence-electron chi connectivity index (χ0n) is 17.4. The van der Waals surface area contributed by atoms with Crippen molar-refractivity contribution in [2.45, 2.75) is 45.2 Å². The minimum Gasteiger partial charge on any atom is -0.493 e. The number of carbonyl (C=O) groups excluding carboxylic acids is 1. The van der Waals surface area contributed by atoms with Crippen LogP contribution in [0, 0.1) is 5.92 Å². The summed E-state index contributed by atoms with van der Waals surface area (Å²) in [6.07, 6.45) is 4.10. The highest BCUT2D eigenvalue weighted by molar-refractivity contribution is 14.0. The summed E-state index contributed by atoms with van der Waals surface area (Å²) in [6, 6.07) is 8.44. The quantitative estimate of drug-likeness (QED) is 0.330. The van der Waals surface area contributed by atoms with Gasteiger partial charge in [0.05, 0.1) is 13.2 Å². The van der Waals surface area contributed by atoms with Crippen LogP contribution in [-0.2, 0) is 11.3 Å². The molecule has 2 fully saturated rings. The fourth-order valence-corrected chi connectivity index (χ4v) is 3.27. The largest absolute Gasteiger partial charge is 0.493 e. The van der Waals surface area contributed by atoms with E-state index in [1.807, 2.05) is 25.1 Å². The second kappa shape index (κ2) is 12.1. The molecular formula is C21H33IN4O3. The van der Waals surface area contributed by atoms with E-state index in [1.54, 1.807) is 11.9 Å². The summed E-state index contributed by atoms with van der Waals surface area (Å²) in [4.78, 5) is 17.9. The zero-order valence-corrected chi connectivity index (χ0v) is 19.7. The van der Waals surface area contributed by atoms with Crippen molar-refractivity contribution in [2.75, 3.05) is 33.4 Å². The van der Waals surface area contributed by atoms with E-state index in [4.69, 9.17) is 9.47 Å². The van der Waals surface area contributed by atoms with Crippen molar-refractivity contribution in [2.24, 2.45) is 10.9 Å². The molecule has 3 rings (SSSR count). The summed E-state index contributed by atoms with van der Waals surface area (Å²) in [5.74, 6) is 2.45. The Morgan fingerprint density at radius 3 is 2.59 bits per heavy atom. The highest BCUT2D eigenvalue weighted by atomic mass is 127. The molecule has 2 N–H and O–H groups in total. The predicted octanol–water partition coefficient (Wildman–Crippen LogP) is 3.38. The standard InChI is InChI=1S/C21H32N4O3.HI/c1-3-27-21(26)25-12-10-18(11-13-25)24-20(22-2)23-14-17-6-4-5-7-19(17)28-15-16-8-9-16;/h4-7,16,18H,3,8-15H2,1-2H3,(H2,22,23,24);1H. The number of hydrogen-bond donors (Lipinski definition) is 2. The summed E-state index contributed by atoms with van der Waals surface area (Å²) >= 11 is 0. The summed E-state index contributed by atoms with van der Waals surface area (Å²) < 4.78 is 11.1. The lowest BCUT2D eigenvalue weighted by atomic mass is 10.1. The Bertz CT molecular complexity index is 674. The SMILES string of the molecule is CCOC(=O)N1CCC(NC(=NC)NCc2ccccc2OCC2CC2)CC1.I. The Morgan fingerprint density at radius 2 is 1.93 bits per heavy atom. The van der Waals surface area contributed by atoms with Gasteiger partial charge in [0.25, 0.3) is 0 Å². The van der Waals surface area contributed by atoms with Crippen LogP contribution in [0.25, 0.3) is 0 Å². The summed E-state index contributed by atoms with van der Waals surface area (Å²) in [7, 11) is 1.78. The van der Waals surface area contributed by atoms with Gasteiger partial charge in [0.2, 0.25) is 0 Å². The van der Waals surface area contributed by atoms with Gasteiger partial charge in [0.1, 0.15) is 5.75 Å². The number of rotatable bonds is 7. The lowest BCUT2D eigenvalue weighted by molar-refractivity contribution is 0.0963. The first-order chi connectivity index (χ1) is 13.7. The van der Waals surface area contributed by atoms with E-state index in [2.05, 4.69) is 21.7 Å². The number of para-hydroxylation sites is 1. The van der Waals surface area contributed by atoms with Crippen molar-refractivity contribution in [3.8, 4) is 5.75 Å². The number of nitrogens with zero attached hydrogens (tertiary/aromatic N) is 2. The van der Waals surface area contributed by atoms with E-state index in [-0.39, 0.29) is 30.1 Å². The summed E-state index contributed by atoms with van der Waals surface area (Å²) in [6.45, 7) is 5.11. The fourth-order valence-electron chi connectivity index (χ4n) is 3.27. The summed E-state index contributed by atoms with van der Waals surface area (Å²) in [5, 5.41) is 6.85. The minimum absolute atomic E-state index is 0. The Balaban J connectivity index is 0.00000300. The first kappa shape index (κ1) is 23.6. The second-order valence-electron chi connectivity index (χ2n) is 7.39. The van der Waals surface area contributed by atoms with Gasteiger partial charge < -0.3 is 25.0 Å². The van der Waals surface area contributed by atoms with E-state index in [0.29, 0.717) is 32.3 Å². The number of aliphatic imine (C=N–C) groups is 1. The Hall–Kier alpha value is -1.71. The first-order valence-electron chi connectivity index (χ1n) is 10.3. The third-order valence-corrected chi connectivity index (χ3v) is 5.18. The van der Waals surface area contributed by atoms with Crippen LogP contribution in [-0.4, -0.2) is 56.3 Å².